The van der Waals surface area contributed by atoms with Crippen molar-refractivity contribution >= 4 is 0 Å². The molecule has 1 N–H and O–H groups in total. The van der Waals surface area contributed by atoms with E-state index in [0.717, 1.165) is 12.8 Å². The maximum atomic E-state index is 5.72. The lowest BCUT2D eigenvalue weighted by Crippen LogP contribution is -2.46. The number of hydrogen-bond acceptors (Lipinski definition) is 2. The van der Waals surface area contributed by atoms with Crippen molar-refractivity contribution in [2.75, 3.05) is 0 Å². The van der Waals surface area contributed by atoms with E-state index in [-0.39, 0.29) is 0 Å². The molecule has 0 aromatic carbocycles. The fraction of sp³-hybridized carbons (Fsp3) is 1.00. The Labute approximate surface area is 88.4 Å². The lowest BCUT2D eigenvalue weighted by atomic mass is 9.97. The first-order valence-electron chi connectivity index (χ1n) is 5.90. The van der Waals surface area contributed by atoms with E-state index in [2.05, 4.69) is 39.9 Å². The standard InChI is InChI=1S/C12H25NO/c1-8(2)11(5)13-12-6-9(3)14-10(4)7-12/h8-13H,6-7H2,1-5H3/t9-,10+,11-,12?/m0/s1. The molecule has 1 saturated heterocycles. The van der Waals surface area contributed by atoms with Crippen molar-refractivity contribution in [3.8, 4) is 0 Å². The Hall–Kier alpha value is -0.0800. The largest absolute Gasteiger partial charge is 0.375 e. The van der Waals surface area contributed by atoms with Gasteiger partial charge in [-0.3, -0.25) is 0 Å². The van der Waals surface area contributed by atoms with E-state index in [0.29, 0.717) is 30.2 Å². The van der Waals surface area contributed by atoms with E-state index < -0.39 is 0 Å². The van der Waals surface area contributed by atoms with Gasteiger partial charge in [-0.05, 0) is 39.5 Å². The van der Waals surface area contributed by atoms with Crippen LogP contribution in [0.1, 0.15) is 47.5 Å². The van der Waals surface area contributed by atoms with Crippen LogP contribution in [0.15, 0.2) is 0 Å². The Bertz CT molecular complexity index is 160. The second-order valence-electron chi connectivity index (χ2n) is 5.13. The van der Waals surface area contributed by atoms with Crippen LogP contribution < -0.4 is 5.32 Å². The Morgan fingerprint density at radius 3 is 2.00 bits per heavy atom. The van der Waals surface area contributed by atoms with E-state index in [1.54, 1.807) is 0 Å². The van der Waals surface area contributed by atoms with Gasteiger partial charge in [0.2, 0.25) is 0 Å². The quantitative estimate of drug-likeness (QED) is 0.754. The first-order chi connectivity index (χ1) is 6.49. The summed E-state index contributed by atoms with van der Waals surface area (Å²) < 4.78 is 5.72. The van der Waals surface area contributed by atoms with Crippen LogP contribution in [0.4, 0.5) is 0 Å². The van der Waals surface area contributed by atoms with Gasteiger partial charge in [0.25, 0.3) is 0 Å². The van der Waals surface area contributed by atoms with Crippen LogP contribution >= 0.6 is 0 Å². The van der Waals surface area contributed by atoms with Gasteiger partial charge in [0.1, 0.15) is 0 Å². The van der Waals surface area contributed by atoms with Crippen molar-refractivity contribution in [2.24, 2.45) is 5.92 Å². The summed E-state index contributed by atoms with van der Waals surface area (Å²) in [5.74, 6) is 0.712. The predicted molar refractivity (Wildman–Crippen MR) is 60.5 cm³/mol. The van der Waals surface area contributed by atoms with Crippen LogP contribution in [0.25, 0.3) is 0 Å². The average Bonchev–Trinajstić information content (AvgIpc) is 2.01. The number of rotatable bonds is 3. The third kappa shape index (κ3) is 3.58. The molecule has 1 aliphatic rings. The van der Waals surface area contributed by atoms with Gasteiger partial charge in [-0.1, -0.05) is 13.8 Å². The van der Waals surface area contributed by atoms with Gasteiger partial charge in [-0.15, -0.1) is 0 Å². The Morgan fingerprint density at radius 2 is 1.57 bits per heavy atom. The zero-order chi connectivity index (χ0) is 10.7. The molecule has 84 valence electrons. The maximum Gasteiger partial charge on any atom is 0.0565 e. The van der Waals surface area contributed by atoms with Crippen LogP contribution in [0.2, 0.25) is 0 Å². The van der Waals surface area contributed by atoms with Gasteiger partial charge >= 0.3 is 0 Å². The lowest BCUT2D eigenvalue weighted by Gasteiger charge is -2.35. The van der Waals surface area contributed by atoms with Crippen molar-refractivity contribution in [1.82, 2.24) is 5.32 Å². The summed E-state index contributed by atoms with van der Waals surface area (Å²) in [5, 5.41) is 3.70. The maximum absolute atomic E-state index is 5.72. The molecule has 0 bridgehead atoms. The molecule has 0 aromatic rings. The number of ether oxygens (including phenoxy) is 1. The smallest absolute Gasteiger partial charge is 0.0565 e. The molecule has 1 unspecified atom stereocenters. The molecule has 1 rings (SSSR count). The van der Waals surface area contributed by atoms with Gasteiger partial charge < -0.3 is 10.1 Å². The molecule has 1 heterocycles. The fourth-order valence-electron chi connectivity index (χ4n) is 2.11. The van der Waals surface area contributed by atoms with Crippen LogP contribution in [0.5, 0.6) is 0 Å². The highest BCUT2D eigenvalue weighted by molar-refractivity contribution is 4.81. The summed E-state index contributed by atoms with van der Waals surface area (Å²) in [6, 6.07) is 1.25. The van der Waals surface area contributed by atoms with Gasteiger partial charge in [0.15, 0.2) is 0 Å². The van der Waals surface area contributed by atoms with Crippen molar-refractivity contribution in [3.63, 3.8) is 0 Å². The first kappa shape index (κ1) is 12.0. The third-order valence-corrected chi connectivity index (χ3v) is 3.20. The molecule has 0 spiro atoms. The zero-order valence-electron chi connectivity index (χ0n) is 10.2. The minimum atomic E-state index is 0.413. The monoisotopic (exact) mass is 199 g/mol. The van der Waals surface area contributed by atoms with Crippen molar-refractivity contribution in [1.29, 1.82) is 0 Å². The molecule has 0 amide bonds. The van der Waals surface area contributed by atoms with Gasteiger partial charge in [0, 0.05) is 12.1 Å². The highest BCUT2D eigenvalue weighted by Crippen LogP contribution is 2.20. The number of nitrogens with one attached hydrogen (secondary N) is 1. The van der Waals surface area contributed by atoms with E-state index >= 15 is 0 Å². The zero-order valence-corrected chi connectivity index (χ0v) is 10.2. The minimum absolute atomic E-state index is 0.413. The molecule has 14 heavy (non-hydrogen) atoms. The topological polar surface area (TPSA) is 21.3 Å². The molecule has 2 nitrogen and oxygen atoms in total. The van der Waals surface area contributed by atoms with Gasteiger partial charge in [0.05, 0.1) is 12.2 Å². The summed E-state index contributed by atoms with van der Waals surface area (Å²) in [7, 11) is 0. The summed E-state index contributed by atoms with van der Waals surface area (Å²) >= 11 is 0. The van der Waals surface area contributed by atoms with E-state index in [1.807, 2.05) is 0 Å². The highest BCUT2D eigenvalue weighted by Gasteiger charge is 2.25. The van der Waals surface area contributed by atoms with E-state index in [1.165, 1.54) is 0 Å². The molecule has 1 fully saturated rings. The van der Waals surface area contributed by atoms with Gasteiger partial charge in [-0.25, -0.2) is 0 Å². The van der Waals surface area contributed by atoms with Crippen LogP contribution in [0.3, 0.4) is 0 Å². The summed E-state index contributed by atoms with van der Waals surface area (Å²) in [4.78, 5) is 0. The second-order valence-corrected chi connectivity index (χ2v) is 5.13. The predicted octanol–water partition coefficient (Wildman–Crippen LogP) is 2.58. The minimum Gasteiger partial charge on any atom is -0.375 e. The molecule has 1 aliphatic heterocycles. The van der Waals surface area contributed by atoms with Crippen molar-refractivity contribution < 1.29 is 4.74 Å². The molecule has 4 atom stereocenters. The van der Waals surface area contributed by atoms with Crippen LogP contribution in [-0.4, -0.2) is 24.3 Å². The second kappa shape index (κ2) is 5.13. The number of hydrogen-bond donors (Lipinski definition) is 1. The Balaban J connectivity index is 2.36. The molecule has 0 saturated carbocycles. The van der Waals surface area contributed by atoms with E-state index in [9.17, 15) is 0 Å². The van der Waals surface area contributed by atoms with E-state index in [4.69, 9.17) is 4.74 Å². The lowest BCUT2D eigenvalue weighted by molar-refractivity contribution is -0.0439. The molecular weight excluding hydrogens is 174 g/mol. The molecule has 0 aromatic heterocycles. The molecule has 0 radical (unpaired) electrons. The average molecular weight is 199 g/mol. The summed E-state index contributed by atoms with van der Waals surface area (Å²) in [6.07, 6.45) is 3.13. The van der Waals surface area contributed by atoms with Crippen LogP contribution in [0, 0.1) is 5.92 Å². The third-order valence-electron chi connectivity index (χ3n) is 3.20. The van der Waals surface area contributed by atoms with Crippen molar-refractivity contribution in [2.45, 2.75) is 71.8 Å². The molecule has 2 heteroatoms. The van der Waals surface area contributed by atoms with Gasteiger partial charge in [-0.2, -0.15) is 0 Å². The van der Waals surface area contributed by atoms with Crippen molar-refractivity contribution in [3.05, 3.63) is 0 Å². The molecule has 0 aliphatic carbocycles. The Morgan fingerprint density at radius 1 is 1.07 bits per heavy atom. The summed E-state index contributed by atoms with van der Waals surface area (Å²) in [5.41, 5.74) is 0. The fourth-order valence-corrected chi connectivity index (χ4v) is 2.11. The molecular formula is C12H25NO. The van der Waals surface area contributed by atoms with Crippen LogP contribution in [-0.2, 0) is 4.74 Å². The summed E-state index contributed by atoms with van der Waals surface area (Å²) in [6.45, 7) is 11.2. The first-order valence-corrected chi connectivity index (χ1v) is 5.90. The SMILES string of the molecule is CC(C)[C@H](C)NC1C[C@@H](C)O[C@@H](C)C1. The normalized spacial score (nSPS) is 36.0. The Kier molecular flexibility index (Phi) is 4.39. The highest BCUT2D eigenvalue weighted by atomic mass is 16.5.